The molecule has 0 saturated carbocycles. The molecule has 1 aromatic heterocycles. The maximum absolute atomic E-state index is 5.76. The lowest BCUT2D eigenvalue weighted by molar-refractivity contribution is 0.499. The van der Waals surface area contributed by atoms with Crippen LogP contribution in [0.4, 0.5) is 0 Å². The molecule has 0 aliphatic carbocycles. The van der Waals surface area contributed by atoms with Crippen molar-refractivity contribution in [3.63, 3.8) is 0 Å². The summed E-state index contributed by atoms with van der Waals surface area (Å²) in [6, 6.07) is 8.24. The van der Waals surface area contributed by atoms with Gasteiger partial charge in [-0.3, -0.25) is 0 Å². The summed E-state index contributed by atoms with van der Waals surface area (Å²) in [5.41, 5.74) is 0.961. The molecule has 0 atom stereocenters. The maximum Gasteiger partial charge on any atom is 0.148 e. The minimum Gasteiger partial charge on any atom is -0.460 e. The molecule has 0 amide bonds. The van der Waals surface area contributed by atoms with Crippen LogP contribution in [0.5, 0.6) is 0 Å². The molecule has 0 fully saturated rings. The molecule has 0 N–H and O–H groups in total. The Morgan fingerprint density at radius 3 is 2.79 bits per heavy atom. The number of para-hydroxylation sites is 1. The van der Waals surface area contributed by atoms with Crippen molar-refractivity contribution in [2.45, 2.75) is 20.3 Å². The lowest BCUT2D eigenvalue weighted by atomic mass is 10.1. The van der Waals surface area contributed by atoms with Crippen LogP contribution in [-0.2, 0) is 6.42 Å². The summed E-state index contributed by atoms with van der Waals surface area (Å²) in [6.45, 7) is 4.39. The SMILES string of the molecule is CC(C)Cc1cc2cccc(Br)c2o1. The van der Waals surface area contributed by atoms with Gasteiger partial charge in [0.15, 0.2) is 0 Å². The number of hydrogen-bond acceptors (Lipinski definition) is 1. The van der Waals surface area contributed by atoms with E-state index in [4.69, 9.17) is 4.42 Å². The van der Waals surface area contributed by atoms with Crippen molar-refractivity contribution in [2.24, 2.45) is 5.92 Å². The molecule has 0 unspecified atom stereocenters. The Bertz CT molecular complexity index is 443. The van der Waals surface area contributed by atoms with E-state index in [1.165, 1.54) is 5.39 Å². The Balaban J connectivity index is 2.46. The Kier molecular flexibility index (Phi) is 2.64. The molecular formula is C12H13BrO. The van der Waals surface area contributed by atoms with Gasteiger partial charge in [-0.15, -0.1) is 0 Å². The van der Waals surface area contributed by atoms with Crippen molar-refractivity contribution in [2.75, 3.05) is 0 Å². The van der Waals surface area contributed by atoms with Gasteiger partial charge >= 0.3 is 0 Å². The molecule has 0 aliphatic heterocycles. The van der Waals surface area contributed by atoms with Gasteiger partial charge in [0.1, 0.15) is 11.3 Å². The van der Waals surface area contributed by atoms with Gasteiger partial charge in [-0.25, -0.2) is 0 Å². The molecule has 0 saturated heterocycles. The molecule has 0 spiro atoms. The molecule has 0 bridgehead atoms. The van der Waals surface area contributed by atoms with Crippen molar-refractivity contribution in [3.8, 4) is 0 Å². The van der Waals surface area contributed by atoms with Crippen molar-refractivity contribution in [3.05, 3.63) is 34.5 Å². The van der Waals surface area contributed by atoms with Crippen LogP contribution in [0.3, 0.4) is 0 Å². The highest BCUT2D eigenvalue weighted by Gasteiger charge is 2.07. The van der Waals surface area contributed by atoms with E-state index in [9.17, 15) is 0 Å². The fraction of sp³-hybridized carbons (Fsp3) is 0.333. The second-order valence-electron chi connectivity index (χ2n) is 3.97. The number of halogens is 1. The Labute approximate surface area is 92.2 Å². The van der Waals surface area contributed by atoms with Crippen LogP contribution < -0.4 is 0 Å². The first-order valence-electron chi connectivity index (χ1n) is 4.84. The Morgan fingerprint density at radius 1 is 1.36 bits per heavy atom. The van der Waals surface area contributed by atoms with Crippen LogP contribution in [-0.4, -0.2) is 0 Å². The summed E-state index contributed by atoms with van der Waals surface area (Å²) in [5, 5.41) is 1.18. The van der Waals surface area contributed by atoms with Crippen molar-refractivity contribution in [1.29, 1.82) is 0 Å². The van der Waals surface area contributed by atoms with Crippen molar-refractivity contribution >= 4 is 26.9 Å². The lowest BCUT2D eigenvalue weighted by Crippen LogP contribution is -1.90. The highest BCUT2D eigenvalue weighted by molar-refractivity contribution is 9.10. The fourth-order valence-electron chi connectivity index (χ4n) is 1.58. The summed E-state index contributed by atoms with van der Waals surface area (Å²) in [6.07, 6.45) is 1.00. The average Bonchev–Trinajstić information content (AvgIpc) is 2.47. The molecule has 1 nitrogen and oxygen atoms in total. The summed E-state index contributed by atoms with van der Waals surface area (Å²) in [5.74, 6) is 1.70. The molecule has 2 rings (SSSR count). The lowest BCUT2D eigenvalue weighted by Gasteiger charge is -1.98. The molecule has 0 radical (unpaired) electrons. The summed E-state index contributed by atoms with van der Waals surface area (Å²) < 4.78 is 6.80. The largest absolute Gasteiger partial charge is 0.460 e. The molecule has 2 aromatic rings. The molecule has 0 aliphatic rings. The topological polar surface area (TPSA) is 13.1 Å². The quantitative estimate of drug-likeness (QED) is 0.773. The van der Waals surface area contributed by atoms with E-state index < -0.39 is 0 Å². The second kappa shape index (κ2) is 3.77. The third kappa shape index (κ3) is 1.85. The minimum atomic E-state index is 0.634. The van der Waals surface area contributed by atoms with Gasteiger partial charge in [0, 0.05) is 11.8 Å². The highest BCUT2D eigenvalue weighted by atomic mass is 79.9. The van der Waals surface area contributed by atoms with Crippen molar-refractivity contribution in [1.82, 2.24) is 0 Å². The van der Waals surface area contributed by atoms with E-state index in [-0.39, 0.29) is 0 Å². The number of furan rings is 1. The first-order valence-corrected chi connectivity index (χ1v) is 5.63. The molecule has 1 aromatic carbocycles. The zero-order valence-corrected chi connectivity index (χ0v) is 9.97. The minimum absolute atomic E-state index is 0.634. The van der Waals surface area contributed by atoms with E-state index in [1.807, 2.05) is 12.1 Å². The molecule has 74 valence electrons. The average molecular weight is 253 g/mol. The summed E-state index contributed by atoms with van der Waals surface area (Å²) in [4.78, 5) is 0. The number of fused-ring (bicyclic) bond motifs is 1. The smallest absolute Gasteiger partial charge is 0.148 e. The van der Waals surface area contributed by atoms with Crippen molar-refractivity contribution < 1.29 is 4.42 Å². The van der Waals surface area contributed by atoms with E-state index in [0.29, 0.717) is 5.92 Å². The number of benzene rings is 1. The normalized spacial score (nSPS) is 11.4. The van der Waals surface area contributed by atoms with Gasteiger partial charge < -0.3 is 4.42 Å². The third-order valence-corrected chi connectivity index (χ3v) is 2.78. The fourth-order valence-corrected chi connectivity index (χ4v) is 2.05. The van der Waals surface area contributed by atoms with E-state index in [1.54, 1.807) is 0 Å². The van der Waals surface area contributed by atoms with Gasteiger partial charge in [0.2, 0.25) is 0 Å². The zero-order chi connectivity index (χ0) is 10.1. The first kappa shape index (κ1) is 9.78. The molecule has 14 heavy (non-hydrogen) atoms. The van der Waals surface area contributed by atoms with Gasteiger partial charge in [-0.1, -0.05) is 26.0 Å². The van der Waals surface area contributed by atoms with E-state index in [0.717, 1.165) is 22.2 Å². The van der Waals surface area contributed by atoms with Gasteiger partial charge in [0.25, 0.3) is 0 Å². The van der Waals surface area contributed by atoms with E-state index >= 15 is 0 Å². The molecule has 2 heteroatoms. The van der Waals surface area contributed by atoms with Crippen LogP contribution in [0, 0.1) is 5.92 Å². The number of rotatable bonds is 2. The van der Waals surface area contributed by atoms with E-state index in [2.05, 4.69) is 41.9 Å². The predicted octanol–water partition coefficient (Wildman–Crippen LogP) is 4.39. The van der Waals surface area contributed by atoms with Crippen LogP contribution in [0.1, 0.15) is 19.6 Å². The zero-order valence-electron chi connectivity index (χ0n) is 8.38. The standard InChI is InChI=1S/C12H13BrO/c1-8(2)6-10-7-9-4-3-5-11(13)12(9)14-10/h3-5,7-8H,6H2,1-2H3. The maximum atomic E-state index is 5.76. The molecule has 1 heterocycles. The van der Waals surface area contributed by atoms with Gasteiger partial charge in [0.05, 0.1) is 4.47 Å². The van der Waals surface area contributed by atoms with Crippen LogP contribution >= 0.6 is 15.9 Å². The molecular weight excluding hydrogens is 240 g/mol. The monoisotopic (exact) mass is 252 g/mol. The number of hydrogen-bond donors (Lipinski definition) is 0. The van der Waals surface area contributed by atoms with Gasteiger partial charge in [-0.05, 0) is 34.0 Å². The van der Waals surface area contributed by atoms with Gasteiger partial charge in [-0.2, -0.15) is 0 Å². The summed E-state index contributed by atoms with van der Waals surface area (Å²) in [7, 11) is 0. The highest BCUT2D eigenvalue weighted by Crippen LogP contribution is 2.27. The Morgan fingerprint density at radius 2 is 2.14 bits per heavy atom. The van der Waals surface area contributed by atoms with Crippen LogP contribution in [0.25, 0.3) is 11.0 Å². The van der Waals surface area contributed by atoms with Crippen LogP contribution in [0.15, 0.2) is 33.2 Å². The first-order chi connectivity index (χ1) is 6.66. The predicted molar refractivity (Wildman–Crippen MR) is 62.5 cm³/mol. The summed E-state index contributed by atoms with van der Waals surface area (Å²) >= 11 is 3.48. The Hall–Kier alpha value is -0.760. The third-order valence-electron chi connectivity index (χ3n) is 2.16. The second-order valence-corrected chi connectivity index (χ2v) is 4.82. The van der Waals surface area contributed by atoms with Crippen LogP contribution in [0.2, 0.25) is 0 Å².